The predicted octanol–water partition coefficient (Wildman–Crippen LogP) is 4.16. The monoisotopic (exact) mass is 304 g/mol. The number of aromatic nitrogens is 2. The van der Waals surface area contributed by atoms with Gasteiger partial charge in [0.2, 0.25) is 0 Å². The summed E-state index contributed by atoms with van der Waals surface area (Å²) in [5.74, 6) is 0.171. The maximum Gasteiger partial charge on any atom is 0.160 e. The summed E-state index contributed by atoms with van der Waals surface area (Å²) in [5, 5.41) is 6.38. The molecule has 6 heteroatoms. The zero-order valence-corrected chi connectivity index (χ0v) is 12.4. The average molecular weight is 304 g/mol. The molecule has 0 saturated heterocycles. The molecule has 0 unspecified atom stereocenters. The van der Waals surface area contributed by atoms with E-state index in [-0.39, 0.29) is 0 Å². The molecule has 3 rings (SSSR count). The summed E-state index contributed by atoms with van der Waals surface area (Å²) in [7, 11) is 0. The minimum Gasteiger partial charge on any atom is -0.367 e. The van der Waals surface area contributed by atoms with Crippen molar-refractivity contribution in [2.24, 2.45) is 0 Å². The molecule has 1 aliphatic carbocycles. The number of benzene rings is 1. The first-order valence-electron chi connectivity index (χ1n) is 7.44. The summed E-state index contributed by atoms with van der Waals surface area (Å²) >= 11 is 0. The largest absolute Gasteiger partial charge is 0.367 e. The molecule has 1 aromatic carbocycles. The maximum absolute atomic E-state index is 13.3. The number of rotatable bonds is 4. The van der Waals surface area contributed by atoms with Crippen LogP contribution >= 0.6 is 0 Å². The second kappa shape index (κ2) is 6.25. The van der Waals surface area contributed by atoms with Crippen molar-refractivity contribution >= 4 is 17.3 Å². The Kier molecular flexibility index (Phi) is 4.18. The minimum absolute atomic E-state index is 0.448. The van der Waals surface area contributed by atoms with Crippen LogP contribution in [-0.4, -0.2) is 16.0 Å². The fourth-order valence-electron chi connectivity index (χ4n) is 2.71. The van der Waals surface area contributed by atoms with Crippen LogP contribution in [0.5, 0.6) is 0 Å². The Morgan fingerprint density at radius 3 is 2.45 bits per heavy atom. The maximum atomic E-state index is 13.3. The summed E-state index contributed by atoms with van der Waals surface area (Å²) in [6.07, 6.45) is 4.77. The minimum atomic E-state index is -0.889. The highest BCUT2D eigenvalue weighted by Crippen LogP contribution is 2.24. The summed E-state index contributed by atoms with van der Waals surface area (Å²) in [6.45, 7) is 1.80. The average Bonchev–Trinajstić information content (AvgIpc) is 2.95. The van der Waals surface area contributed by atoms with Gasteiger partial charge in [-0.2, -0.15) is 0 Å². The van der Waals surface area contributed by atoms with Crippen molar-refractivity contribution in [2.75, 3.05) is 10.6 Å². The number of anilines is 3. The van der Waals surface area contributed by atoms with Gasteiger partial charge < -0.3 is 10.6 Å². The summed E-state index contributed by atoms with van der Waals surface area (Å²) < 4.78 is 26.2. The second-order valence-electron chi connectivity index (χ2n) is 5.57. The summed E-state index contributed by atoms with van der Waals surface area (Å²) in [4.78, 5) is 8.65. The molecule has 116 valence electrons. The fourth-order valence-corrected chi connectivity index (χ4v) is 2.71. The Balaban J connectivity index is 1.77. The van der Waals surface area contributed by atoms with E-state index >= 15 is 0 Å². The Bertz CT molecular complexity index is 669. The number of aryl methyl sites for hydroxylation is 1. The van der Waals surface area contributed by atoms with Crippen LogP contribution in [0, 0.1) is 18.6 Å². The van der Waals surface area contributed by atoms with Gasteiger partial charge in [-0.15, -0.1) is 0 Å². The standard InChI is InChI=1S/C16H18F2N4/c1-10-19-15(21-11-4-2-3-5-11)9-16(20-10)22-12-6-7-13(17)14(18)8-12/h6-9,11H,2-5H2,1H3,(H2,19,20,21,22). The van der Waals surface area contributed by atoms with E-state index in [0.29, 0.717) is 23.4 Å². The normalized spacial score (nSPS) is 15.0. The Labute approximate surface area is 128 Å². The van der Waals surface area contributed by atoms with Crippen molar-refractivity contribution in [3.63, 3.8) is 0 Å². The second-order valence-corrected chi connectivity index (χ2v) is 5.57. The molecule has 22 heavy (non-hydrogen) atoms. The zero-order valence-electron chi connectivity index (χ0n) is 12.4. The summed E-state index contributed by atoms with van der Waals surface area (Å²) in [6, 6.07) is 5.90. The van der Waals surface area contributed by atoms with Crippen LogP contribution in [0.3, 0.4) is 0 Å². The smallest absolute Gasteiger partial charge is 0.160 e. The molecular formula is C16H18F2N4. The Hall–Kier alpha value is -2.24. The van der Waals surface area contributed by atoms with Crippen molar-refractivity contribution in [1.29, 1.82) is 0 Å². The third-order valence-electron chi connectivity index (χ3n) is 3.74. The predicted molar refractivity (Wildman–Crippen MR) is 82.3 cm³/mol. The molecule has 2 aromatic rings. The van der Waals surface area contributed by atoms with Crippen LogP contribution in [0.25, 0.3) is 0 Å². The molecule has 1 saturated carbocycles. The van der Waals surface area contributed by atoms with Crippen molar-refractivity contribution in [3.8, 4) is 0 Å². The molecule has 0 radical (unpaired) electrons. The molecule has 0 spiro atoms. The molecule has 1 aromatic heterocycles. The lowest BCUT2D eigenvalue weighted by atomic mass is 10.2. The van der Waals surface area contributed by atoms with Gasteiger partial charge in [0.15, 0.2) is 11.6 Å². The number of nitrogens with zero attached hydrogens (tertiary/aromatic N) is 2. The first kappa shape index (κ1) is 14.7. The highest BCUT2D eigenvalue weighted by molar-refractivity contribution is 5.59. The van der Waals surface area contributed by atoms with Gasteiger partial charge in [0, 0.05) is 23.9 Å². The molecule has 0 amide bonds. The Morgan fingerprint density at radius 1 is 1.00 bits per heavy atom. The van der Waals surface area contributed by atoms with E-state index in [4.69, 9.17) is 0 Å². The van der Waals surface area contributed by atoms with Crippen LogP contribution in [-0.2, 0) is 0 Å². The Morgan fingerprint density at radius 2 is 1.73 bits per heavy atom. The van der Waals surface area contributed by atoms with E-state index in [1.165, 1.54) is 18.9 Å². The third kappa shape index (κ3) is 3.50. The first-order valence-corrected chi connectivity index (χ1v) is 7.44. The topological polar surface area (TPSA) is 49.8 Å². The van der Waals surface area contributed by atoms with Crippen molar-refractivity contribution in [1.82, 2.24) is 9.97 Å². The molecule has 0 atom stereocenters. The van der Waals surface area contributed by atoms with E-state index in [1.807, 2.05) is 0 Å². The van der Waals surface area contributed by atoms with E-state index in [1.54, 1.807) is 13.0 Å². The molecule has 0 bridgehead atoms. The van der Waals surface area contributed by atoms with Gasteiger partial charge in [-0.25, -0.2) is 18.7 Å². The van der Waals surface area contributed by atoms with Crippen molar-refractivity contribution < 1.29 is 8.78 Å². The van der Waals surface area contributed by atoms with E-state index in [2.05, 4.69) is 20.6 Å². The van der Waals surface area contributed by atoms with Gasteiger partial charge in [0.1, 0.15) is 17.5 Å². The molecule has 1 heterocycles. The first-order chi connectivity index (χ1) is 10.6. The fraction of sp³-hybridized carbons (Fsp3) is 0.375. The van der Waals surface area contributed by atoms with Crippen LogP contribution < -0.4 is 10.6 Å². The number of nitrogens with one attached hydrogen (secondary N) is 2. The zero-order chi connectivity index (χ0) is 15.5. The van der Waals surface area contributed by atoms with E-state index < -0.39 is 11.6 Å². The summed E-state index contributed by atoms with van der Waals surface area (Å²) in [5.41, 5.74) is 0.448. The molecule has 0 aliphatic heterocycles. The molecule has 4 nitrogen and oxygen atoms in total. The third-order valence-corrected chi connectivity index (χ3v) is 3.74. The number of hydrogen-bond acceptors (Lipinski definition) is 4. The highest BCUT2D eigenvalue weighted by atomic mass is 19.2. The van der Waals surface area contributed by atoms with Crippen molar-refractivity contribution in [2.45, 2.75) is 38.6 Å². The van der Waals surface area contributed by atoms with Crippen molar-refractivity contribution in [3.05, 3.63) is 41.7 Å². The van der Waals surface area contributed by atoms with Crippen LogP contribution in [0.2, 0.25) is 0 Å². The quantitative estimate of drug-likeness (QED) is 0.890. The molecule has 1 aliphatic rings. The van der Waals surface area contributed by atoms with Gasteiger partial charge in [0.25, 0.3) is 0 Å². The van der Waals surface area contributed by atoms with E-state index in [9.17, 15) is 8.78 Å². The van der Waals surface area contributed by atoms with Gasteiger partial charge in [-0.3, -0.25) is 0 Å². The number of halogens is 2. The van der Waals surface area contributed by atoms with Gasteiger partial charge >= 0.3 is 0 Å². The SMILES string of the molecule is Cc1nc(Nc2ccc(F)c(F)c2)cc(NC2CCCC2)n1. The van der Waals surface area contributed by atoms with Gasteiger partial charge in [-0.1, -0.05) is 12.8 Å². The van der Waals surface area contributed by atoms with Crippen LogP contribution in [0.4, 0.5) is 26.1 Å². The van der Waals surface area contributed by atoms with Gasteiger partial charge in [0.05, 0.1) is 0 Å². The lowest BCUT2D eigenvalue weighted by Gasteiger charge is -2.14. The highest BCUT2D eigenvalue weighted by Gasteiger charge is 2.15. The lowest BCUT2D eigenvalue weighted by Crippen LogP contribution is -2.16. The van der Waals surface area contributed by atoms with Crippen LogP contribution in [0.15, 0.2) is 24.3 Å². The molecule has 2 N–H and O–H groups in total. The lowest BCUT2D eigenvalue weighted by molar-refractivity contribution is 0.509. The van der Waals surface area contributed by atoms with E-state index in [0.717, 1.165) is 30.8 Å². The number of hydrogen-bond donors (Lipinski definition) is 2. The molecular weight excluding hydrogens is 286 g/mol. The van der Waals surface area contributed by atoms with Crippen LogP contribution in [0.1, 0.15) is 31.5 Å². The molecule has 1 fully saturated rings. The van der Waals surface area contributed by atoms with Gasteiger partial charge in [-0.05, 0) is 31.9 Å².